The molecule has 0 saturated carbocycles. The van der Waals surface area contributed by atoms with Crippen molar-refractivity contribution in [2.45, 2.75) is 19.3 Å². The number of fused-ring (bicyclic) bond motifs is 2. The Balaban J connectivity index is 1.43. The van der Waals surface area contributed by atoms with Crippen molar-refractivity contribution < 1.29 is 47.5 Å². The minimum absolute atomic E-state index is 0.0331. The van der Waals surface area contributed by atoms with Crippen LogP contribution >= 0.6 is 11.3 Å². The summed E-state index contributed by atoms with van der Waals surface area (Å²) in [5.74, 6) is -3.05. The van der Waals surface area contributed by atoms with Crippen LogP contribution in [0.15, 0.2) is 42.5 Å². The number of carboxylic acids is 2. The highest BCUT2D eigenvalue weighted by molar-refractivity contribution is 7.19. The van der Waals surface area contributed by atoms with Gasteiger partial charge in [0.2, 0.25) is 0 Å². The summed E-state index contributed by atoms with van der Waals surface area (Å²) in [7, 11) is 2.77. The SMILES string of the molecule is COc1cc2nc(/C=C/CC(=O)O)ccc2c(F)c1OCCCOc1c(OC)cc2sc(/C=C/CC(=O)O)cc2c1F. The van der Waals surface area contributed by atoms with Crippen LogP contribution in [0.3, 0.4) is 0 Å². The third-order valence-corrected chi connectivity index (χ3v) is 7.00. The van der Waals surface area contributed by atoms with Crippen LogP contribution in [0.5, 0.6) is 23.0 Å². The summed E-state index contributed by atoms with van der Waals surface area (Å²) in [5, 5.41) is 18.1. The molecular weight excluding hydrogens is 572 g/mol. The lowest BCUT2D eigenvalue weighted by atomic mass is 10.1. The molecule has 2 N–H and O–H groups in total. The van der Waals surface area contributed by atoms with E-state index in [1.54, 1.807) is 24.3 Å². The molecule has 0 aliphatic carbocycles. The van der Waals surface area contributed by atoms with Crippen molar-refractivity contribution in [1.82, 2.24) is 4.98 Å². The summed E-state index contributed by atoms with van der Waals surface area (Å²) >= 11 is 1.29. The van der Waals surface area contributed by atoms with Gasteiger partial charge >= 0.3 is 11.9 Å². The molecule has 4 rings (SSSR count). The number of nitrogens with zero attached hydrogens (tertiary/aromatic N) is 1. The number of ether oxygens (including phenoxy) is 4. The van der Waals surface area contributed by atoms with Crippen molar-refractivity contribution in [3.63, 3.8) is 0 Å². The van der Waals surface area contributed by atoms with E-state index in [1.165, 1.54) is 55.9 Å². The van der Waals surface area contributed by atoms with Gasteiger partial charge in [0.15, 0.2) is 34.6 Å². The first-order chi connectivity index (χ1) is 20.2. The van der Waals surface area contributed by atoms with E-state index in [2.05, 4.69) is 4.98 Å². The van der Waals surface area contributed by atoms with Gasteiger partial charge in [0.05, 0.1) is 51.5 Å². The average molecular weight is 600 g/mol. The number of aliphatic carboxylic acids is 2. The average Bonchev–Trinajstić information content (AvgIpc) is 3.37. The van der Waals surface area contributed by atoms with E-state index in [-0.39, 0.29) is 60.9 Å². The molecule has 9 nitrogen and oxygen atoms in total. The lowest BCUT2D eigenvalue weighted by Gasteiger charge is -2.15. The van der Waals surface area contributed by atoms with Crippen molar-refractivity contribution in [3.05, 3.63) is 64.7 Å². The fraction of sp³-hybridized carbons (Fsp3) is 0.233. The first kappa shape index (κ1) is 30.3. The number of pyridine rings is 1. The summed E-state index contributed by atoms with van der Waals surface area (Å²) in [5.41, 5.74) is 0.773. The maximum Gasteiger partial charge on any atom is 0.307 e. The first-order valence-electron chi connectivity index (χ1n) is 12.7. The summed E-state index contributed by atoms with van der Waals surface area (Å²) in [6.45, 7) is 0.0742. The highest BCUT2D eigenvalue weighted by Crippen LogP contribution is 2.40. The van der Waals surface area contributed by atoms with Crippen molar-refractivity contribution >= 4 is 56.4 Å². The molecule has 0 unspecified atom stereocenters. The standard InChI is InChI=1S/C30H27F2NO8S/c1-38-22-15-21-19(11-10-17(33-21)6-3-8-25(34)35)27(31)29(22)40-12-5-13-41-30-23(39-2)16-24-20(28(30)32)14-18(42-24)7-4-9-26(36)37/h3-4,6-7,10-11,14-16H,5,8-9,12-13H2,1-2H3,(H,34,35)(H,36,37)/b6-3+,7-4+. The Morgan fingerprint density at radius 1 is 0.857 bits per heavy atom. The molecule has 0 radical (unpaired) electrons. The number of methoxy groups -OCH3 is 2. The van der Waals surface area contributed by atoms with Crippen molar-refractivity contribution in [3.8, 4) is 23.0 Å². The molecule has 0 saturated heterocycles. The van der Waals surface area contributed by atoms with Gasteiger partial charge in [-0.1, -0.05) is 12.2 Å². The minimum Gasteiger partial charge on any atom is -0.493 e. The molecule has 0 bridgehead atoms. The lowest BCUT2D eigenvalue weighted by molar-refractivity contribution is -0.137. The monoisotopic (exact) mass is 599 g/mol. The van der Waals surface area contributed by atoms with Gasteiger partial charge in [0, 0.05) is 38.9 Å². The molecule has 0 atom stereocenters. The first-order valence-corrected chi connectivity index (χ1v) is 13.5. The van der Waals surface area contributed by atoms with E-state index in [1.807, 2.05) is 0 Å². The number of halogens is 2. The second kappa shape index (κ2) is 13.8. The van der Waals surface area contributed by atoms with E-state index < -0.39 is 23.6 Å². The van der Waals surface area contributed by atoms with E-state index in [9.17, 15) is 9.59 Å². The molecular formula is C30H27F2NO8S. The van der Waals surface area contributed by atoms with Gasteiger partial charge in [0.25, 0.3) is 0 Å². The van der Waals surface area contributed by atoms with Crippen LogP contribution in [-0.2, 0) is 9.59 Å². The smallest absolute Gasteiger partial charge is 0.307 e. The number of benzene rings is 2. The molecule has 0 amide bonds. The maximum absolute atomic E-state index is 15.3. The maximum atomic E-state index is 15.3. The second-order valence-electron chi connectivity index (χ2n) is 8.86. The van der Waals surface area contributed by atoms with Crippen molar-refractivity contribution in [2.24, 2.45) is 0 Å². The number of aromatic nitrogens is 1. The van der Waals surface area contributed by atoms with Crippen molar-refractivity contribution in [2.75, 3.05) is 27.4 Å². The van der Waals surface area contributed by atoms with Crippen LogP contribution in [0.25, 0.3) is 33.1 Å². The number of rotatable bonds is 14. The molecule has 2 aromatic carbocycles. The van der Waals surface area contributed by atoms with E-state index >= 15 is 8.78 Å². The molecule has 0 aliphatic rings. The largest absolute Gasteiger partial charge is 0.493 e. The van der Waals surface area contributed by atoms with Gasteiger partial charge in [-0.3, -0.25) is 9.59 Å². The molecule has 0 spiro atoms. The number of hydrogen-bond donors (Lipinski definition) is 2. The third-order valence-electron chi connectivity index (χ3n) is 5.95. The van der Waals surface area contributed by atoms with Gasteiger partial charge in [0.1, 0.15) is 0 Å². The topological polar surface area (TPSA) is 124 Å². The fourth-order valence-electron chi connectivity index (χ4n) is 4.04. The lowest BCUT2D eigenvalue weighted by Crippen LogP contribution is -2.08. The Labute approximate surface area is 243 Å². The summed E-state index contributed by atoms with van der Waals surface area (Å²) in [6, 6.07) is 7.88. The van der Waals surface area contributed by atoms with Gasteiger partial charge in [-0.25, -0.2) is 13.8 Å². The van der Waals surface area contributed by atoms with Crippen molar-refractivity contribution in [1.29, 1.82) is 0 Å². The zero-order valence-corrected chi connectivity index (χ0v) is 23.5. The Kier molecular flexibility index (Phi) is 9.92. The molecule has 0 fully saturated rings. The normalized spacial score (nSPS) is 11.5. The van der Waals surface area contributed by atoms with E-state index in [0.29, 0.717) is 26.2 Å². The van der Waals surface area contributed by atoms with Crippen LogP contribution in [0.2, 0.25) is 0 Å². The molecule has 12 heteroatoms. The molecule has 0 aliphatic heterocycles. The number of carbonyl (C=O) groups is 2. The van der Waals surface area contributed by atoms with Gasteiger partial charge in [-0.05, 0) is 30.4 Å². The number of thiophene rings is 1. The predicted molar refractivity (Wildman–Crippen MR) is 155 cm³/mol. The van der Waals surface area contributed by atoms with Gasteiger partial charge < -0.3 is 29.2 Å². The quantitative estimate of drug-likeness (QED) is 0.155. The van der Waals surface area contributed by atoms with E-state index in [0.717, 1.165) is 0 Å². The molecule has 2 aromatic heterocycles. The molecule has 42 heavy (non-hydrogen) atoms. The minimum atomic E-state index is -0.974. The summed E-state index contributed by atoms with van der Waals surface area (Å²) < 4.78 is 53.3. The van der Waals surface area contributed by atoms with Crippen LogP contribution in [0.1, 0.15) is 29.8 Å². The molecule has 220 valence electrons. The van der Waals surface area contributed by atoms with Gasteiger partial charge in [-0.15, -0.1) is 11.3 Å². The zero-order chi connectivity index (χ0) is 30.2. The number of carboxylic acid groups (broad SMARTS) is 2. The van der Waals surface area contributed by atoms with Crippen LogP contribution in [-0.4, -0.2) is 54.6 Å². The highest BCUT2D eigenvalue weighted by Gasteiger charge is 2.19. The Morgan fingerprint density at radius 2 is 1.45 bits per heavy atom. The zero-order valence-electron chi connectivity index (χ0n) is 22.7. The number of hydrogen-bond acceptors (Lipinski definition) is 8. The third kappa shape index (κ3) is 7.13. The highest BCUT2D eigenvalue weighted by atomic mass is 32.1. The Morgan fingerprint density at radius 3 is 2.07 bits per heavy atom. The van der Waals surface area contributed by atoms with Crippen LogP contribution in [0.4, 0.5) is 8.78 Å². The second-order valence-corrected chi connectivity index (χ2v) is 9.97. The summed E-state index contributed by atoms with van der Waals surface area (Å²) in [6.07, 6.45) is 6.07. The predicted octanol–water partition coefficient (Wildman–Crippen LogP) is 6.57. The Hall–Kier alpha value is -4.71. The van der Waals surface area contributed by atoms with Crippen LogP contribution < -0.4 is 18.9 Å². The fourth-order valence-corrected chi connectivity index (χ4v) is 5.06. The molecule has 4 aromatic rings. The van der Waals surface area contributed by atoms with Gasteiger partial charge in [-0.2, -0.15) is 0 Å². The summed E-state index contributed by atoms with van der Waals surface area (Å²) in [4.78, 5) is 26.5. The van der Waals surface area contributed by atoms with E-state index in [4.69, 9.17) is 29.2 Å². The Bertz CT molecular complexity index is 1680. The molecule has 2 heterocycles. The van der Waals surface area contributed by atoms with Crippen LogP contribution in [0, 0.1) is 11.6 Å².